The molecule has 0 radical (unpaired) electrons. The summed E-state index contributed by atoms with van der Waals surface area (Å²) in [5, 5.41) is 2.56. The van der Waals surface area contributed by atoms with E-state index in [9.17, 15) is 9.59 Å². The number of fused-ring (bicyclic) bond motifs is 1. The molecule has 1 aliphatic carbocycles. The normalized spacial score (nSPS) is 17.1. The molecule has 1 amide bonds. The van der Waals surface area contributed by atoms with E-state index >= 15 is 0 Å². The van der Waals surface area contributed by atoms with Crippen LogP contribution < -0.4 is 5.32 Å². The number of thiophene rings is 1. The molecule has 1 heterocycles. The van der Waals surface area contributed by atoms with Crippen molar-refractivity contribution in [1.82, 2.24) is 5.32 Å². The Balaban J connectivity index is 1.90. The molecular weight excluding hydrogens is 274 g/mol. The van der Waals surface area contributed by atoms with E-state index in [4.69, 9.17) is 4.74 Å². The van der Waals surface area contributed by atoms with E-state index in [0.29, 0.717) is 17.3 Å². The van der Waals surface area contributed by atoms with Gasteiger partial charge in [-0.15, -0.1) is 17.9 Å². The Bertz CT molecular complexity index is 521. The smallest absolute Gasteiger partial charge is 0.348 e. The number of hydrogen-bond acceptors (Lipinski definition) is 4. The van der Waals surface area contributed by atoms with E-state index < -0.39 is 5.97 Å². The minimum absolute atomic E-state index is 0.244. The molecule has 0 aliphatic heterocycles. The molecule has 108 valence electrons. The molecule has 0 saturated carbocycles. The molecule has 0 aromatic carbocycles. The highest BCUT2D eigenvalue weighted by atomic mass is 32.1. The number of ether oxygens (including phenoxy) is 1. The average molecular weight is 293 g/mol. The lowest BCUT2D eigenvalue weighted by atomic mass is 9.90. The lowest BCUT2D eigenvalue weighted by Gasteiger charge is -2.16. The van der Waals surface area contributed by atoms with Crippen LogP contribution in [0, 0.1) is 5.92 Å². The van der Waals surface area contributed by atoms with Crippen molar-refractivity contribution >= 4 is 23.2 Å². The Morgan fingerprint density at radius 3 is 3.15 bits per heavy atom. The number of rotatable bonds is 5. The number of carbonyl (C=O) groups is 2. The van der Waals surface area contributed by atoms with E-state index in [-0.39, 0.29) is 12.5 Å². The Morgan fingerprint density at radius 1 is 1.60 bits per heavy atom. The van der Waals surface area contributed by atoms with Crippen molar-refractivity contribution < 1.29 is 14.3 Å². The Kier molecular flexibility index (Phi) is 4.95. The summed E-state index contributed by atoms with van der Waals surface area (Å²) >= 11 is 1.49. The fraction of sp³-hybridized carbons (Fsp3) is 0.467. The molecule has 0 bridgehead atoms. The highest BCUT2D eigenvalue weighted by molar-refractivity contribution is 7.14. The number of esters is 1. The molecule has 4 nitrogen and oxygen atoms in total. The van der Waals surface area contributed by atoms with Gasteiger partial charge in [0.2, 0.25) is 0 Å². The highest BCUT2D eigenvalue weighted by Gasteiger charge is 2.21. The van der Waals surface area contributed by atoms with Gasteiger partial charge in [-0.05, 0) is 36.8 Å². The molecule has 5 heteroatoms. The largest absolute Gasteiger partial charge is 0.451 e. The van der Waals surface area contributed by atoms with Crippen molar-refractivity contribution in [3.05, 3.63) is 34.0 Å². The van der Waals surface area contributed by atoms with E-state index in [1.807, 2.05) is 6.07 Å². The van der Waals surface area contributed by atoms with Crippen LogP contribution in [0.2, 0.25) is 0 Å². The van der Waals surface area contributed by atoms with Crippen molar-refractivity contribution in [3.63, 3.8) is 0 Å². The molecule has 0 fully saturated rings. The van der Waals surface area contributed by atoms with Crippen molar-refractivity contribution in [2.24, 2.45) is 5.92 Å². The molecule has 0 saturated heterocycles. The third kappa shape index (κ3) is 3.70. The predicted octanol–water partition coefficient (Wildman–Crippen LogP) is 2.33. The van der Waals surface area contributed by atoms with Crippen LogP contribution in [-0.2, 0) is 22.4 Å². The summed E-state index contributed by atoms with van der Waals surface area (Å²) in [6.07, 6.45) is 4.81. The number of carbonyl (C=O) groups excluding carboxylic acids is 2. The van der Waals surface area contributed by atoms with Gasteiger partial charge in [-0.25, -0.2) is 4.79 Å². The Hall–Kier alpha value is -1.62. The maximum absolute atomic E-state index is 11.9. The van der Waals surface area contributed by atoms with Gasteiger partial charge >= 0.3 is 5.97 Å². The first-order chi connectivity index (χ1) is 9.60. The van der Waals surface area contributed by atoms with Crippen molar-refractivity contribution in [1.29, 1.82) is 0 Å². The van der Waals surface area contributed by atoms with E-state index in [0.717, 1.165) is 12.8 Å². The number of amides is 1. The van der Waals surface area contributed by atoms with Crippen LogP contribution in [0.5, 0.6) is 0 Å². The van der Waals surface area contributed by atoms with Crippen LogP contribution in [0.3, 0.4) is 0 Å². The van der Waals surface area contributed by atoms with E-state index in [1.165, 1.54) is 28.2 Å². The van der Waals surface area contributed by atoms with Gasteiger partial charge < -0.3 is 10.1 Å². The predicted molar refractivity (Wildman–Crippen MR) is 79.0 cm³/mol. The highest BCUT2D eigenvalue weighted by Crippen LogP contribution is 2.32. The topological polar surface area (TPSA) is 55.4 Å². The Morgan fingerprint density at radius 2 is 2.40 bits per heavy atom. The molecule has 1 atom stereocenters. The first-order valence-electron chi connectivity index (χ1n) is 6.76. The summed E-state index contributed by atoms with van der Waals surface area (Å²) in [6.45, 7) is 5.85. The summed E-state index contributed by atoms with van der Waals surface area (Å²) < 4.78 is 5.02. The summed E-state index contributed by atoms with van der Waals surface area (Å²) in [4.78, 5) is 25.1. The first kappa shape index (κ1) is 14.8. The third-order valence-electron chi connectivity index (χ3n) is 3.31. The summed E-state index contributed by atoms with van der Waals surface area (Å²) in [7, 11) is 0. The quantitative estimate of drug-likeness (QED) is 0.669. The van der Waals surface area contributed by atoms with Gasteiger partial charge in [0.25, 0.3) is 5.91 Å². The standard InChI is InChI=1S/C15H19NO3S/c1-3-6-16-14(17)9-19-15(18)13-8-11-7-10(2)4-5-12(11)20-13/h3,8,10H,1,4-7,9H2,2H3,(H,16,17). The van der Waals surface area contributed by atoms with Crippen LogP contribution in [0.25, 0.3) is 0 Å². The second kappa shape index (κ2) is 6.70. The molecule has 0 spiro atoms. The van der Waals surface area contributed by atoms with Gasteiger partial charge in [-0.2, -0.15) is 0 Å². The fourth-order valence-corrected chi connectivity index (χ4v) is 3.35. The number of hydrogen-bond donors (Lipinski definition) is 1. The zero-order valence-electron chi connectivity index (χ0n) is 11.6. The molecule has 1 aliphatic rings. The SMILES string of the molecule is C=CCNC(=O)COC(=O)c1cc2c(s1)CCC(C)C2. The van der Waals surface area contributed by atoms with Crippen LogP contribution in [0.1, 0.15) is 33.5 Å². The van der Waals surface area contributed by atoms with Gasteiger partial charge in [-0.3, -0.25) is 4.79 Å². The van der Waals surface area contributed by atoms with Crippen molar-refractivity contribution in [3.8, 4) is 0 Å². The van der Waals surface area contributed by atoms with E-state index in [2.05, 4.69) is 18.8 Å². The summed E-state index contributed by atoms with van der Waals surface area (Å²) in [6, 6.07) is 1.92. The van der Waals surface area contributed by atoms with Crippen molar-refractivity contribution in [2.75, 3.05) is 13.2 Å². The van der Waals surface area contributed by atoms with Gasteiger partial charge in [0.05, 0.1) is 0 Å². The number of aryl methyl sites for hydroxylation is 1. The first-order valence-corrected chi connectivity index (χ1v) is 7.58. The maximum atomic E-state index is 11.9. The molecule has 1 aromatic heterocycles. The monoisotopic (exact) mass is 293 g/mol. The molecular formula is C15H19NO3S. The lowest BCUT2D eigenvalue weighted by Crippen LogP contribution is -2.28. The van der Waals surface area contributed by atoms with Crippen molar-refractivity contribution in [2.45, 2.75) is 26.2 Å². The number of nitrogens with one attached hydrogen (secondary N) is 1. The van der Waals surface area contributed by atoms with Gasteiger partial charge in [0.15, 0.2) is 6.61 Å². The summed E-state index contributed by atoms with van der Waals surface area (Å²) in [5.41, 5.74) is 1.26. The fourth-order valence-electron chi connectivity index (χ4n) is 2.25. The molecule has 2 rings (SSSR count). The Labute approximate surface area is 122 Å². The van der Waals surface area contributed by atoms with Crippen LogP contribution in [0.4, 0.5) is 0 Å². The minimum atomic E-state index is -0.411. The summed E-state index contributed by atoms with van der Waals surface area (Å²) in [5.74, 6) is -0.0513. The average Bonchev–Trinajstić information content (AvgIpc) is 2.85. The molecule has 20 heavy (non-hydrogen) atoms. The molecule has 1 N–H and O–H groups in total. The second-order valence-electron chi connectivity index (χ2n) is 5.08. The van der Waals surface area contributed by atoms with Crippen LogP contribution in [-0.4, -0.2) is 25.0 Å². The van der Waals surface area contributed by atoms with Gasteiger partial charge in [0.1, 0.15) is 4.88 Å². The molecule has 1 unspecified atom stereocenters. The zero-order chi connectivity index (χ0) is 14.5. The van der Waals surface area contributed by atoms with Gasteiger partial charge in [-0.1, -0.05) is 13.0 Å². The lowest BCUT2D eigenvalue weighted by molar-refractivity contribution is -0.124. The second-order valence-corrected chi connectivity index (χ2v) is 6.21. The van der Waals surface area contributed by atoms with Crippen LogP contribution in [0.15, 0.2) is 18.7 Å². The van der Waals surface area contributed by atoms with Gasteiger partial charge in [0, 0.05) is 11.4 Å². The molecule has 1 aromatic rings. The minimum Gasteiger partial charge on any atom is -0.451 e. The third-order valence-corrected chi connectivity index (χ3v) is 4.53. The van der Waals surface area contributed by atoms with E-state index in [1.54, 1.807) is 6.08 Å². The maximum Gasteiger partial charge on any atom is 0.348 e. The van der Waals surface area contributed by atoms with Crippen LogP contribution >= 0.6 is 11.3 Å². The zero-order valence-corrected chi connectivity index (χ0v) is 12.4.